The minimum atomic E-state index is -5.56. The molecule has 13 heteroatoms. The molecule has 0 N–H and O–H groups in total. The maximum absolute atomic E-state index is 11.0. The molecule has 0 amide bonds. The van der Waals surface area contributed by atoms with Crippen LogP contribution >= 0.6 is 0 Å². The van der Waals surface area contributed by atoms with Crippen LogP contribution in [0.1, 0.15) is 0 Å². The third-order valence-corrected chi connectivity index (χ3v) is 0.781. The molecule has 0 radical (unpaired) electrons. The van der Waals surface area contributed by atoms with Gasteiger partial charge in [-0.15, -0.1) is 0 Å². The van der Waals surface area contributed by atoms with Crippen LogP contribution in [0.15, 0.2) is 36.7 Å². The number of halogens is 13. The SMILES string of the molecule is C=C(F)F.F/C=C(\F)C(F)(F)F.FC(F)=C(F)C(F)(F)F. The quantitative estimate of drug-likeness (QED) is 0.448. The van der Waals surface area contributed by atoms with Crippen LogP contribution in [0.2, 0.25) is 0 Å². The lowest BCUT2D eigenvalue weighted by atomic mass is 10.6. The summed E-state index contributed by atoms with van der Waals surface area (Å²) in [6, 6.07) is 0. The molecule has 0 nitrogen and oxygen atoms in total. The first-order valence-electron chi connectivity index (χ1n) is 3.88. The summed E-state index contributed by atoms with van der Waals surface area (Å²) in [5.74, 6) is -6.04. The van der Waals surface area contributed by atoms with Crippen molar-refractivity contribution in [1.82, 2.24) is 0 Å². The smallest absolute Gasteiger partial charge is 0.212 e. The fraction of sp³-hybridized carbons (Fsp3) is 0.250. The number of hydrogen-bond acceptors (Lipinski definition) is 0. The molecule has 21 heavy (non-hydrogen) atoms. The summed E-state index contributed by atoms with van der Waals surface area (Å²) in [7, 11) is 0. The molecule has 0 saturated carbocycles. The van der Waals surface area contributed by atoms with Crippen molar-refractivity contribution in [2.75, 3.05) is 0 Å². The lowest BCUT2D eigenvalue weighted by Gasteiger charge is -1.98. The van der Waals surface area contributed by atoms with Crippen LogP contribution in [0.4, 0.5) is 57.1 Å². The Bertz CT molecular complexity index is 361. The minimum Gasteiger partial charge on any atom is -0.212 e. The van der Waals surface area contributed by atoms with E-state index in [0.717, 1.165) is 0 Å². The highest BCUT2D eigenvalue weighted by molar-refractivity contribution is 4.98. The monoisotopic (exact) mass is 346 g/mol. The van der Waals surface area contributed by atoms with Crippen molar-refractivity contribution < 1.29 is 57.1 Å². The summed E-state index contributed by atoms with van der Waals surface area (Å²) in [5.41, 5.74) is 0. The third kappa shape index (κ3) is 18.3. The van der Waals surface area contributed by atoms with Gasteiger partial charge in [-0.1, -0.05) is 0 Å². The average Bonchev–Trinajstić information content (AvgIpc) is 2.24. The third-order valence-electron chi connectivity index (χ3n) is 0.781. The van der Waals surface area contributed by atoms with E-state index in [1.165, 1.54) is 0 Å². The first kappa shape index (κ1) is 24.3. The average molecular weight is 346 g/mol. The summed E-state index contributed by atoms with van der Waals surface area (Å²) in [4.78, 5) is 0. The fourth-order valence-corrected chi connectivity index (χ4v) is 0.169. The highest BCUT2D eigenvalue weighted by Gasteiger charge is 2.38. The zero-order valence-electron chi connectivity index (χ0n) is 9.20. The summed E-state index contributed by atoms with van der Waals surface area (Å²) in [5, 5.41) is 0. The van der Waals surface area contributed by atoms with Crippen molar-refractivity contribution in [1.29, 1.82) is 0 Å². The van der Waals surface area contributed by atoms with Gasteiger partial charge in [-0.2, -0.15) is 52.7 Å². The number of alkyl halides is 6. The van der Waals surface area contributed by atoms with E-state index in [-0.39, 0.29) is 0 Å². The highest BCUT2D eigenvalue weighted by atomic mass is 19.4. The second-order valence-electron chi connectivity index (χ2n) is 2.37. The molecular formula is C8H3F13. The lowest BCUT2D eigenvalue weighted by molar-refractivity contribution is -0.113. The van der Waals surface area contributed by atoms with Crippen LogP contribution in [0, 0.1) is 0 Å². The van der Waals surface area contributed by atoms with E-state index in [0.29, 0.717) is 0 Å². The van der Waals surface area contributed by atoms with Gasteiger partial charge in [0.15, 0.2) is 0 Å². The Morgan fingerprint density at radius 2 is 1.00 bits per heavy atom. The van der Waals surface area contributed by atoms with Crippen LogP contribution in [0.25, 0.3) is 0 Å². The molecule has 0 aliphatic heterocycles. The second-order valence-corrected chi connectivity index (χ2v) is 2.37. The zero-order chi connectivity index (χ0) is 18.0. The van der Waals surface area contributed by atoms with Crippen LogP contribution in [0.5, 0.6) is 0 Å². The molecule has 0 fully saturated rings. The van der Waals surface area contributed by atoms with Crippen LogP contribution in [-0.4, -0.2) is 12.4 Å². The molecule has 0 unspecified atom stereocenters. The van der Waals surface area contributed by atoms with Crippen LogP contribution in [-0.2, 0) is 0 Å². The van der Waals surface area contributed by atoms with Gasteiger partial charge in [0, 0.05) is 0 Å². The Kier molecular flexibility index (Phi) is 11.7. The fourth-order valence-electron chi connectivity index (χ4n) is 0.169. The van der Waals surface area contributed by atoms with Crippen molar-refractivity contribution in [3.05, 3.63) is 36.7 Å². The normalized spacial score (nSPS) is 11.6. The van der Waals surface area contributed by atoms with Gasteiger partial charge in [-0.3, -0.25) is 0 Å². The zero-order valence-corrected chi connectivity index (χ0v) is 9.20. The topological polar surface area (TPSA) is 0 Å². The van der Waals surface area contributed by atoms with E-state index in [9.17, 15) is 57.1 Å². The van der Waals surface area contributed by atoms with Gasteiger partial charge < -0.3 is 0 Å². The molecule has 0 rings (SSSR count). The van der Waals surface area contributed by atoms with E-state index >= 15 is 0 Å². The minimum absolute atomic E-state index is 1.12. The summed E-state index contributed by atoms with van der Waals surface area (Å²) < 4.78 is 139. The van der Waals surface area contributed by atoms with Crippen LogP contribution in [0.3, 0.4) is 0 Å². The number of hydrogen-bond donors (Lipinski definition) is 0. The summed E-state index contributed by atoms with van der Waals surface area (Å²) in [6.45, 7) is 2.22. The van der Waals surface area contributed by atoms with Crippen LogP contribution < -0.4 is 0 Å². The first-order chi connectivity index (χ1) is 9.07. The van der Waals surface area contributed by atoms with Gasteiger partial charge in [0.2, 0.25) is 5.83 Å². The maximum atomic E-state index is 11.0. The molecular weight excluding hydrogens is 343 g/mol. The molecule has 0 saturated heterocycles. The van der Waals surface area contributed by atoms with Crippen molar-refractivity contribution in [3.63, 3.8) is 0 Å². The van der Waals surface area contributed by atoms with Crippen molar-refractivity contribution in [2.45, 2.75) is 12.4 Å². The summed E-state index contributed by atoms with van der Waals surface area (Å²) >= 11 is 0. The predicted molar refractivity (Wildman–Crippen MR) is 44.1 cm³/mol. The maximum Gasteiger partial charge on any atom is 0.448 e. The standard InChI is InChI=1S/C3F6.C3HF5.C2H2F2/c4-1(2(5)6)3(7,8)9;4-1-2(5)3(6,7)8;1-2(3)4/h;1H;1H2/b;2-1-;. The van der Waals surface area contributed by atoms with Crippen molar-refractivity contribution in [3.8, 4) is 0 Å². The Morgan fingerprint density at radius 1 is 0.714 bits per heavy atom. The second kappa shape index (κ2) is 10.1. The van der Waals surface area contributed by atoms with E-state index in [2.05, 4.69) is 6.58 Å². The van der Waals surface area contributed by atoms with Crippen molar-refractivity contribution >= 4 is 0 Å². The van der Waals surface area contributed by atoms with Gasteiger partial charge in [0.05, 0.1) is 0 Å². The molecule has 0 aromatic heterocycles. The predicted octanol–water partition coefficient (Wildman–Crippen LogP) is 6.35. The molecule has 0 atom stereocenters. The molecule has 0 spiro atoms. The Labute approximate surface area is 107 Å². The van der Waals surface area contributed by atoms with Gasteiger partial charge >= 0.3 is 18.4 Å². The first-order valence-corrected chi connectivity index (χ1v) is 3.88. The molecule has 0 aliphatic carbocycles. The van der Waals surface area contributed by atoms with Gasteiger partial charge in [-0.25, -0.2) is 4.39 Å². The lowest BCUT2D eigenvalue weighted by Crippen LogP contribution is -2.08. The van der Waals surface area contributed by atoms with Gasteiger partial charge in [0.1, 0.15) is 6.33 Å². The molecule has 0 heterocycles. The Morgan fingerprint density at radius 3 is 1.00 bits per heavy atom. The van der Waals surface area contributed by atoms with Crippen molar-refractivity contribution in [2.24, 2.45) is 0 Å². The summed E-state index contributed by atoms with van der Waals surface area (Å²) in [6.07, 6.45) is -17.0. The molecule has 0 aliphatic rings. The van der Waals surface area contributed by atoms with E-state index in [1.807, 2.05) is 0 Å². The Balaban J connectivity index is -0.000000249. The molecule has 126 valence electrons. The molecule has 0 aromatic carbocycles. The molecule has 0 aromatic rings. The van der Waals surface area contributed by atoms with E-state index in [4.69, 9.17) is 0 Å². The number of rotatable bonds is 0. The number of allylic oxidation sites excluding steroid dienone is 2. The molecule has 0 bridgehead atoms. The van der Waals surface area contributed by atoms with Gasteiger partial charge in [0.25, 0.3) is 11.9 Å². The van der Waals surface area contributed by atoms with E-state index < -0.39 is 42.5 Å². The largest absolute Gasteiger partial charge is 0.448 e. The van der Waals surface area contributed by atoms with Gasteiger partial charge in [-0.05, 0) is 6.58 Å². The van der Waals surface area contributed by atoms with E-state index in [1.54, 1.807) is 0 Å². The highest BCUT2D eigenvalue weighted by Crippen LogP contribution is 2.29. The Hall–Kier alpha value is -1.69.